The Morgan fingerprint density at radius 2 is 1.73 bits per heavy atom. The lowest BCUT2D eigenvalue weighted by atomic mass is 10.2. The Kier molecular flexibility index (Phi) is 6.37. The van der Waals surface area contributed by atoms with Crippen molar-refractivity contribution in [1.82, 2.24) is 0 Å². The van der Waals surface area contributed by atoms with E-state index in [1.54, 1.807) is 12.1 Å². The van der Waals surface area contributed by atoms with E-state index < -0.39 is 21.7 Å². The molecule has 0 saturated carbocycles. The molecular weight excluding hydrogens is 407 g/mol. The van der Waals surface area contributed by atoms with E-state index in [-0.39, 0.29) is 21.9 Å². The number of hydrogen-bond acceptors (Lipinski definition) is 4. The highest BCUT2D eigenvalue weighted by Crippen LogP contribution is 2.27. The molecule has 156 valence electrons. The lowest BCUT2D eigenvalue weighted by Crippen LogP contribution is -2.17. The molecular formula is C22H21FN2O4S. The number of halogens is 1. The van der Waals surface area contributed by atoms with Gasteiger partial charge < -0.3 is 10.1 Å². The third kappa shape index (κ3) is 4.96. The Hall–Kier alpha value is -3.39. The van der Waals surface area contributed by atoms with Crippen molar-refractivity contribution >= 4 is 27.3 Å². The van der Waals surface area contributed by atoms with Crippen molar-refractivity contribution in [2.75, 3.05) is 17.1 Å². The highest BCUT2D eigenvalue weighted by molar-refractivity contribution is 7.92. The first-order chi connectivity index (χ1) is 14.3. The molecule has 0 unspecified atom stereocenters. The number of carbonyl (C=O) groups excluding carboxylic acids is 1. The number of carbonyl (C=O) groups is 1. The van der Waals surface area contributed by atoms with Crippen LogP contribution >= 0.6 is 0 Å². The minimum atomic E-state index is -4.03. The first-order valence-electron chi connectivity index (χ1n) is 9.19. The standard InChI is InChI=1S/C22H21FN2O4S/c1-3-15-7-10-18(11-8-15)25-30(27,28)21-13-16(9-12-20(21)29-2)22(26)24-19-6-4-5-17(23)14-19/h4-14,25H,3H2,1-2H3,(H,24,26). The summed E-state index contributed by atoms with van der Waals surface area (Å²) >= 11 is 0. The Morgan fingerprint density at radius 3 is 2.37 bits per heavy atom. The van der Waals surface area contributed by atoms with Gasteiger partial charge in [-0.25, -0.2) is 12.8 Å². The van der Waals surface area contributed by atoms with Gasteiger partial charge in [-0.1, -0.05) is 25.1 Å². The third-order valence-corrected chi connectivity index (χ3v) is 5.81. The summed E-state index contributed by atoms with van der Waals surface area (Å²) < 4.78 is 46.9. The van der Waals surface area contributed by atoms with E-state index in [0.29, 0.717) is 5.69 Å². The van der Waals surface area contributed by atoms with Gasteiger partial charge in [0.2, 0.25) is 0 Å². The Balaban J connectivity index is 1.90. The van der Waals surface area contributed by atoms with Gasteiger partial charge in [0.15, 0.2) is 0 Å². The average molecular weight is 428 g/mol. The summed E-state index contributed by atoms with van der Waals surface area (Å²) in [4.78, 5) is 12.4. The van der Waals surface area contributed by atoms with Crippen LogP contribution in [0.4, 0.5) is 15.8 Å². The van der Waals surface area contributed by atoms with Crippen molar-refractivity contribution in [1.29, 1.82) is 0 Å². The van der Waals surface area contributed by atoms with Crippen molar-refractivity contribution in [3.63, 3.8) is 0 Å². The molecule has 0 spiro atoms. The van der Waals surface area contributed by atoms with Gasteiger partial charge in [0.1, 0.15) is 16.5 Å². The topological polar surface area (TPSA) is 84.5 Å². The number of anilines is 2. The quantitative estimate of drug-likeness (QED) is 0.582. The molecule has 30 heavy (non-hydrogen) atoms. The summed E-state index contributed by atoms with van der Waals surface area (Å²) in [6.45, 7) is 2.00. The predicted molar refractivity (Wildman–Crippen MR) is 114 cm³/mol. The summed E-state index contributed by atoms with van der Waals surface area (Å²) in [5.74, 6) is -0.980. The molecule has 2 N–H and O–H groups in total. The molecule has 8 heteroatoms. The summed E-state index contributed by atoms with van der Waals surface area (Å²) in [7, 11) is -2.68. The van der Waals surface area contributed by atoms with Gasteiger partial charge >= 0.3 is 0 Å². The second-order valence-corrected chi connectivity index (χ2v) is 8.14. The highest BCUT2D eigenvalue weighted by atomic mass is 32.2. The maximum Gasteiger partial charge on any atom is 0.265 e. The zero-order chi connectivity index (χ0) is 21.7. The van der Waals surface area contributed by atoms with E-state index in [2.05, 4.69) is 10.0 Å². The fourth-order valence-corrected chi connectivity index (χ4v) is 4.07. The average Bonchev–Trinajstić information content (AvgIpc) is 2.73. The molecule has 0 heterocycles. The van der Waals surface area contributed by atoms with Gasteiger partial charge in [-0.05, 0) is 60.5 Å². The maximum atomic E-state index is 13.3. The molecule has 0 aromatic heterocycles. The van der Waals surface area contributed by atoms with Crippen LogP contribution in [0.5, 0.6) is 5.75 Å². The minimum absolute atomic E-state index is 0.0850. The molecule has 6 nitrogen and oxygen atoms in total. The number of benzene rings is 3. The van der Waals surface area contributed by atoms with Crippen molar-refractivity contribution in [3.8, 4) is 5.75 Å². The van der Waals surface area contributed by atoms with Crippen LogP contribution in [0.2, 0.25) is 0 Å². The van der Waals surface area contributed by atoms with Gasteiger partial charge in [-0.3, -0.25) is 9.52 Å². The zero-order valence-corrected chi connectivity index (χ0v) is 17.3. The zero-order valence-electron chi connectivity index (χ0n) is 16.5. The van der Waals surface area contributed by atoms with E-state index in [9.17, 15) is 17.6 Å². The van der Waals surface area contributed by atoms with Crippen LogP contribution in [0.1, 0.15) is 22.8 Å². The number of aryl methyl sites for hydroxylation is 1. The molecule has 0 aliphatic heterocycles. The van der Waals surface area contributed by atoms with E-state index >= 15 is 0 Å². The number of hydrogen-bond donors (Lipinski definition) is 2. The van der Waals surface area contributed by atoms with Gasteiger partial charge in [-0.2, -0.15) is 0 Å². The lowest BCUT2D eigenvalue weighted by Gasteiger charge is -2.13. The van der Waals surface area contributed by atoms with E-state index in [0.717, 1.165) is 12.0 Å². The molecule has 0 saturated heterocycles. The molecule has 3 aromatic rings. The number of ether oxygens (including phenoxy) is 1. The summed E-state index contributed by atoms with van der Waals surface area (Å²) in [5.41, 5.74) is 1.81. The number of nitrogens with one attached hydrogen (secondary N) is 2. The Morgan fingerprint density at radius 1 is 1.00 bits per heavy atom. The normalized spacial score (nSPS) is 11.0. The number of rotatable bonds is 7. The third-order valence-electron chi connectivity index (χ3n) is 4.41. The van der Waals surface area contributed by atoms with Crippen LogP contribution in [0.3, 0.4) is 0 Å². The van der Waals surface area contributed by atoms with E-state index in [1.165, 1.54) is 49.6 Å². The van der Waals surface area contributed by atoms with Crippen molar-refractivity contribution < 1.29 is 22.3 Å². The maximum absolute atomic E-state index is 13.3. The first kappa shape index (κ1) is 21.3. The lowest BCUT2D eigenvalue weighted by molar-refractivity contribution is 0.102. The molecule has 0 aliphatic carbocycles. The first-order valence-corrected chi connectivity index (χ1v) is 10.7. The van der Waals surface area contributed by atoms with Gasteiger partial charge in [0.05, 0.1) is 7.11 Å². The molecule has 3 aromatic carbocycles. The second-order valence-electron chi connectivity index (χ2n) is 6.49. The number of methoxy groups -OCH3 is 1. The molecule has 1 amide bonds. The molecule has 0 fully saturated rings. The Bertz CT molecular complexity index is 1160. The van der Waals surface area contributed by atoms with Crippen LogP contribution < -0.4 is 14.8 Å². The number of amides is 1. The molecule has 0 aliphatic rings. The summed E-state index contributed by atoms with van der Waals surface area (Å²) in [6, 6.07) is 16.5. The monoisotopic (exact) mass is 428 g/mol. The second kappa shape index (κ2) is 8.96. The van der Waals surface area contributed by atoms with Crippen molar-refractivity contribution in [2.24, 2.45) is 0 Å². The van der Waals surface area contributed by atoms with Crippen LogP contribution in [0, 0.1) is 5.82 Å². The van der Waals surface area contributed by atoms with Crippen LogP contribution in [-0.2, 0) is 16.4 Å². The van der Waals surface area contributed by atoms with Gasteiger partial charge in [0.25, 0.3) is 15.9 Å². The van der Waals surface area contributed by atoms with Crippen molar-refractivity contribution in [3.05, 3.63) is 83.7 Å². The fourth-order valence-electron chi connectivity index (χ4n) is 2.82. The smallest absolute Gasteiger partial charge is 0.265 e. The SMILES string of the molecule is CCc1ccc(NS(=O)(=O)c2cc(C(=O)Nc3cccc(F)c3)ccc2OC)cc1. The van der Waals surface area contributed by atoms with Gasteiger partial charge in [-0.15, -0.1) is 0 Å². The molecule has 0 radical (unpaired) electrons. The van der Waals surface area contributed by atoms with Crippen LogP contribution in [-0.4, -0.2) is 21.4 Å². The Labute approximate surface area is 174 Å². The summed E-state index contributed by atoms with van der Waals surface area (Å²) in [6.07, 6.45) is 0.837. The highest BCUT2D eigenvalue weighted by Gasteiger charge is 2.22. The van der Waals surface area contributed by atoms with Crippen LogP contribution in [0.25, 0.3) is 0 Å². The molecule has 0 atom stereocenters. The van der Waals surface area contributed by atoms with E-state index in [1.807, 2.05) is 19.1 Å². The fraction of sp³-hybridized carbons (Fsp3) is 0.136. The van der Waals surface area contributed by atoms with E-state index in [4.69, 9.17) is 4.74 Å². The van der Waals surface area contributed by atoms with Crippen molar-refractivity contribution in [2.45, 2.75) is 18.2 Å². The van der Waals surface area contributed by atoms with Gasteiger partial charge in [0, 0.05) is 16.9 Å². The summed E-state index contributed by atoms with van der Waals surface area (Å²) in [5, 5.41) is 2.54. The largest absolute Gasteiger partial charge is 0.495 e. The molecule has 3 rings (SSSR count). The molecule has 0 bridgehead atoms. The van der Waals surface area contributed by atoms with Crippen LogP contribution in [0.15, 0.2) is 71.6 Å². The number of sulfonamides is 1. The minimum Gasteiger partial charge on any atom is -0.495 e. The predicted octanol–water partition coefficient (Wildman–Crippen LogP) is 4.45.